The number of hydrogen-bond donors (Lipinski definition) is 2. The van der Waals surface area contributed by atoms with E-state index in [2.05, 4.69) is 0 Å². The van der Waals surface area contributed by atoms with Crippen LogP contribution in [0.25, 0.3) is 0 Å². The van der Waals surface area contributed by atoms with Gasteiger partial charge in [-0.2, -0.15) is 0 Å². The first-order valence-corrected chi connectivity index (χ1v) is 6.46. The number of carbonyl (C=O) groups is 1. The molecule has 1 aromatic carbocycles. The Morgan fingerprint density at radius 1 is 1.26 bits per heavy atom. The van der Waals surface area contributed by atoms with Gasteiger partial charge in [0.25, 0.3) is 0 Å². The Morgan fingerprint density at radius 2 is 1.89 bits per heavy atom. The molecule has 0 saturated carbocycles. The largest absolute Gasteiger partial charge is 0.390 e. The van der Waals surface area contributed by atoms with E-state index in [-0.39, 0.29) is 17.3 Å². The normalized spacial score (nSPS) is 14.2. The molecule has 2 unspecified atom stereocenters. The molecule has 0 fully saturated rings. The van der Waals surface area contributed by atoms with Crippen LogP contribution in [0.5, 0.6) is 0 Å². The number of benzene rings is 1. The van der Waals surface area contributed by atoms with Gasteiger partial charge in [-0.3, -0.25) is 4.79 Å². The molecule has 7 heteroatoms. The van der Waals surface area contributed by atoms with Crippen molar-refractivity contribution in [2.24, 2.45) is 0 Å². The van der Waals surface area contributed by atoms with Crippen molar-refractivity contribution in [1.82, 2.24) is 0 Å². The Morgan fingerprint density at radius 3 is 2.47 bits per heavy atom. The molecule has 2 N–H and O–H groups in total. The Hall–Kier alpha value is -1.05. The minimum Gasteiger partial charge on any atom is -0.390 e. The van der Waals surface area contributed by atoms with Crippen molar-refractivity contribution >= 4 is 16.9 Å². The summed E-state index contributed by atoms with van der Waals surface area (Å²) in [5, 5.41) is 19.1. The van der Waals surface area contributed by atoms with Crippen molar-refractivity contribution in [3.63, 3.8) is 0 Å². The molecule has 2 atom stereocenters. The molecule has 0 heterocycles. The minimum atomic E-state index is -1.69. The molecule has 0 bridgehead atoms. The lowest BCUT2D eigenvalue weighted by Crippen LogP contribution is -2.21. The zero-order valence-corrected chi connectivity index (χ0v) is 10.9. The predicted octanol–water partition coefficient (Wildman–Crippen LogP) is 2.17. The number of thioether (sulfide) groups is 1. The van der Waals surface area contributed by atoms with Crippen molar-refractivity contribution < 1.29 is 28.2 Å². The smallest absolute Gasteiger partial charge is 0.194 e. The summed E-state index contributed by atoms with van der Waals surface area (Å²) in [4.78, 5) is 10.7. The van der Waals surface area contributed by atoms with Crippen LogP contribution in [-0.2, 0) is 4.79 Å². The number of hydrogen-bond acceptors (Lipinski definition) is 4. The SMILES string of the molecule is CC(=O)SCCC(O)C(O)c1ccc(F)c(F)c1F. The van der Waals surface area contributed by atoms with Crippen LogP contribution >= 0.6 is 11.8 Å². The fourth-order valence-electron chi connectivity index (χ4n) is 1.46. The second kappa shape index (κ2) is 6.93. The molecule has 1 aromatic rings. The van der Waals surface area contributed by atoms with Crippen LogP contribution in [0, 0.1) is 17.5 Å². The number of aliphatic hydroxyl groups is 2. The minimum absolute atomic E-state index is 0.0177. The predicted molar refractivity (Wildman–Crippen MR) is 65.0 cm³/mol. The van der Waals surface area contributed by atoms with E-state index in [9.17, 15) is 28.2 Å². The van der Waals surface area contributed by atoms with Crippen LogP contribution in [0.2, 0.25) is 0 Å². The van der Waals surface area contributed by atoms with Gasteiger partial charge in [-0.1, -0.05) is 17.8 Å². The van der Waals surface area contributed by atoms with Gasteiger partial charge in [0.05, 0.1) is 6.10 Å². The summed E-state index contributed by atoms with van der Waals surface area (Å²) in [5.41, 5.74) is -0.515. The van der Waals surface area contributed by atoms with Crippen LogP contribution < -0.4 is 0 Å². The molecule has 0 saturated heterocycles. The van der Waals surface area contributed by atoms with E-state index in [0.717, 1.165) is 17.8 Å². The molecule has 0 amide bonds. The summed E-state index contributed by atoms with van der Waals surface area (Å²) in [5.74, 6) is -4.35. The van der Waals surface area contributed by atoms with E-state index >= 15 is 0 Å². The van der Waals surface area contributed by atoms with Gasteiger partial charge >= 0.3 is 0 Å². The van der Waals surface area contributed by atoms with Crippen LogP contribution in [0.1, 0.15) is 25.0 Å². The third-order valence-corrected chi connectivity index (χ3v) is 3.31. The molecular weight excluding hydrogens is 281 g/mol. The first-order valence-electron chi connectivity index (χ1n) is 5.47. The maximum atomic E-state index is 13.4. The molecule has 0 aliphatic rings. The van der Waals surface area contributed by atoms with E-state index in [4.69, 9.17) is 0 Å². The van der Waals surface area contributed by atoms with E-state index in [0.29, 0.717) is 6.07 Å². The number of aliphatic hydroxyl groups excluding tert-OH is 2. The molecular formula is C12H13F3O3S. The van der Waals surface area contributed by atoms with E-state index in [1.165, 1.54) is 6.92 Å². The van der Waals surface area contributed by atoms with E-state index < -0.39 is 35.2 Å². The molecule has 3 nitrogen and oxygen atoms in total. The second-order valence-electron chi connectivity index (χ2n) is 3.91. The zero-order valence-electron chi connectivity index (χ0n) is 10.1. The highest BCUT2D eigenvalue weighted by atomic mass is 32.2. The molecule has 106 valence electrons. The van der Waals surface area contributed by atoms with Gasteiger partial charge < -0.3 is 10.2 Å². The van der Waals surface area contributed by atoms with Gasteiger partial charge in [0.15, 0.2) is 22.6 Å². The Labute approximate surface area is 112 Å². The molecule has 0 aromatic heterocycles. The van der Waals surface area contributed by atoms with Gasteiger partial charge in [-0.25, -0.2) is 13.2 Å². The Bertz CT molecular complexity index is 468. The Balaban J connectivity index is 2.74. The highest BCUT2D eigenvalue weighted by Gasteiger charge is 2.24. The standard InChI is InChI=1S/C12H13F3O3S/c1-6(16)19-5-4-9(17)12(18)7-2-3-8(13)11(15)10(7)14/h2-3,9,12,17-18H,4-5H2,1H3. The summed E-state index contributed by atoms with van der Waals surface area (Å²) < 4.78 is 39.1. The van der Waals surface area contributed by atoms with Crippen molar-refractivity contribution in [1.29, 1.82) is 0 Å². The number of halogens is 3. The van der Waals surface area contributed by atoms with Gasteiger partial charge in [0.1, 0.15) is 6.10 Å². The lowest BCUT2D eigenvalue weighted by molar-refractivity contribution is -0.109. The van der Waals surface area contributed by atoms with Crippen molar-refractivity contribution in [2.45, 2.75) is 25.6 Å². The van der Waals surface area contributed by atoms with Crippen LogP contribution in [0.15, 0.2) is 12.1 Å². The molecule has 1 rings (SSSR count). The highest BCUT2D eigenvalue weighted by molar-refractivity contribution is 8.13. The average Bonchev–Trinajstić information content (AvgIpc) is 2.35. The number of carbonyl (C=O) groups excluding carboxylic acids is 1. The molecule has 0 aliphatic carbocycles. The topological polar surface area (TPSA) is 57.5 Å². The summed E-state index contributed by atoms with van der Waals surface area (Å²) in [6.07, 6.45) is -3.03. The first-order chi connectivity index (χ1) is 8.84. The summed E-state index contributed by atoms with van der Waals surface area (Å²) >= 11 is 0.944. The molecule has 0 aliphatic heterocycles. The summed E-state index contributed by atoms with van der Waals surface area (Å²) in [6.45, 7) is 1.35. The van der Waals surface area contributed by atoms with Gasteiger partial charge in [0.2, 0.25) is 0 Å². The van der Waals surface area contributed by atoms with Crippen LogP contribution in [0.4, 0.5) is 13.2 Å². The lowest BCUT2D eigenvalue weighted by atomic mass is 10.0. The van der Waals surface area contributed by atoms with Crippen molar-refractivity contribution in [3.8, 4) is 0 Å². The third kappa shape index (κ3) is 4.22. The highest BCUT2D eigenvalue weighted by Crippen LogP contribution is 2.25. The van der Waals surface area contributed by atoms with E-state index in [1.54, 1.807) is 0 Å². The third-order valence-electron chi connectivity index (χ3n) is 2.47. The maximum absolute atomic E-state index is 13.4. The molecule has 19 heavy (non-hydrogen) atoms. The van der Waals surface area contributed by atoms with Crippen LogP contribution in [0.3, 0.4) is 0 Å². The number of rotatable bonds is 5. The summed E-state index contributed by atoms with van der Waals surface area (Å²) in [6, 6.07) is 1.55. The zero-order chi connectivity index (χ0) is 14.6. The molecule has 0 spiro atoms. The summed E-state index contributed by atoms with van der Waals surface area (Å²) in [7, 11) is 0. The lowest BCUT2D eigenvalue weighted by Gasteiger charge is -2.18. The second-order valence-corrected chi connectivity index (χ2v) is 5.18. The fraction of sp³-hybridized carbons (Fsp3) is 0.417. The van der Waals surface area contributed by atoms with E-state index in [1.807, 2.05) is 0 Å². The average molecular weight is 294 g/mol. The van der Waals surface area contributed by atoms with Gasteiger partial charge in [-0.15, -0.1) is 0 Å². The maximum Gasteiger partial charge on any atom is 0.194 e. The molecule has 0 radical (unpaired) electrons. The van der Waals surface area contributed by atoms with Crippen molar-refractivity contribution in [2.75, 3.05) is 5.75 Å². The van der Waals surface area contributed by atoms with Crippen LogP contribution in [-0.4, -0.2) is 27.2 Å². The monoisotopic (exact) mass is 294 g/mol. The van der Waals surface area contributed by atoms with Gasteiger partial charge in [0, 0.05) is 18.2 Å². The van der Waals surface area contributed by atoms with Gasteiger partial charge in [-0.05, 0) is 12.5 Å². The first kappa shape index (κ1) is 16.0. The van der Waals surface area contributed by atoms with Crippen molar-refractivity contribution in [3.05, 3.63) is 35.1 Å². The Kier molecular flexibility index (Phi) is 5.84. The quantitative estimate of drug-likeness (QED) is 0.817. The fourth-order valence-corrected chi connectivity index (χ4v) is 2.10.